The van der Waals surface area contributed by atoms with Gasteiger partial charge >= 0.3 is 0 Å². The summed E-state index contributed by atoms with van der Waals surface area (Å²) in [6.07, 6.45) is 3.90. The topological polar surface area (TPSA) is 12.0 Å². The van der Waals surface area contributed by atoms with E-state index in [-0.39, 0.29) is 0 Å². The molecular weight excluding hydrogens is 218 g/mol. The first kappa shape index (κ1) is 13.6. The molecule has 1 fully saturated rings. The minimum Gasteiger partial charge on any atom is -0.310 e. The van der Waals surface area contributed by atoms with Crippen molar-refractivity contribution in [3.8, 4) is 0 Å². The van der Waals surface area contributed by atoms with Gasteiger partial charge < -0.3 is 5.32 Å². The number of hydrogen-bond acceptors (Lipinski definition) is 1. The second-order valence-electron chi connectivity index (χ2n) is 6.49. The van der Waals surface area contributed by atoms with Crippen LogP contribution in [0.3, 0.4) is 0 Å². The Balaban J connectivity index is 2.19. The quantitative estimate of drug-likeness (QED) is 0.786. The van der Waals surface area contributed by atoms with Gasteiger partial charge in [0, 0.05) is 6.04 Å². The highest BCUT2D eigenvalue weighted by Gasteiger charge is 2.45. The summed E-state index contributed by atoms with van der Waals surface area (Å²) in [6, 6.07) is 9.73. The zero-order valence-corrected chi connectivity index (χ0v) is 12.3. The highest BCUT2D eigenvalue weighted by molar-refractivity contribution is 5.29. The molecule has 2 rings (SSSR count). The molecular formula is C17H27N. The van der Waals surface area contributed by atoms with Crippen molar-refractivity contribution in [2.75, 3.05) is 6.54 Å². The van der Waals surface area contributed by atoms with E-state index in [0.29, 0.717) is 11.5 Å². The predicted molar refractivity (Wildman–Crippen MR) is 78.7 cm³/mol. The van der Waals surface area contributed by atoms with E-state index in [1.165, 1.54) is 30.4 Å². The normalized spacial score (nSPS) is 18.9. The molecule has 1 aliphatic carbocycles. The lowest BCUT2D eigenvalue weighted by atomic mass is 9.89. The Labute approximate surface area is 112 Å². The van der Waals surface area contributed by atoms with Gasteiger partial charge in [0.1, 0.15) is 0 Å². The number of rotatable bonds is 6. The fraction of sp³-hybridized carbons (Fsp3) is 0.647. The third kappa shape index (κ3) is 3.14. The van der Waals surface area contributed by atoms with Crippen molar-refractivity contribution in [1.29, 1.82) is 0 Å². The van der Waals surface area contributed by atoms with Crippen LogP contribution in [-0.2, 0) is 6.42 Å². The largest absolute Gasteiger partial charge is 0.310 e. The molecule has 1 nitrogen and oxygen atoms in total. The van der Waals surface area contributed by atoms with E-state index in [0.717, 1.165) is 12.5 Å². The van der Waals surface area contributed by atoms with Crippen molar-refractivity contribution in [3.05, 3.63) is 35.4 Å². The Hall–Kier alpha value is -0.820. The Morgan fingerprint density at radius 2 is 2.00 bits per heavy atom. The molecule has 0 radical (unpaired) electrons. The van der Waals surface area contributed by atoms with Gasteiger partial charge in [0.25, 0.3) is 0 Å². The Morgan fingerprint density at radius 1 is 1.28 bits per heavy atom. The maximum Gasteiger partial charge on any atom is 0.0374 e. The van der Waals surface area contributed by atoms with Gasteiger partial charge in [-0.25, -0.2) is 0 Å². The van der Waals surface area contributed by atoms with E-state index in [2.05, 4.69) is 57.3 Å². The van der Waals surface area contributed by atoms with Crippen molar-refractivity contribution in [2.45, 2.75) is 53.0 Å². The SMILES string of the molecule is CCNC(c1cccc(CC(C)C)c1)C1(C)CC1. The van der Waals surface area contributed by atoms with Crippen LogP contribution in [0.4, 0.5) is 0 Å². The van der Waals surface area contributed by atoms with Gasteiger partial charge in [0.05, 0.1) is 0 Å². The molecule has 1 heteroatoms. The summed E-state index contributed by atoms with van der Waals surface area (Å²) in [6.45, 7) is 10.2. The first-order chi connectivity index (χ1) is 8.55. The van der Waals surface area contributed by atoms with Crippen molar-refractivity contribution in [3.63, 3.8) is 0 Å². The molecule has 0 spiro atoms. The van der Waals surface area contributed by atoms with Crippen LogP contribution in [0.1, 0.15) is 57.7 Å². The average Bonchev–Trinajstić information content (AvgIpc) is 3.04. The fourth-order valence-electron chi connectivity index (χ4n) is 2.83. The lowest BCUT2D eigenvalue weighted by Crippen LogP contribution is -2.27. The third-order valence-corrected chi connectivity index (χ3v) is 4.07. The van der Waals surface area contributed by atoms with E-state index in [9.17, 15) is 0 Å². The van der Waals surface area contributed by atoms with Crippen LogP contribution in [0.15, 0.2) is 24.3 Å². The smallest absolute Gasteiger partial charge is 0.0374 e. The molecule has 1 aromatic rings. The van der Waals surface area contributed by atoms with Crippen LogP contribution in [-0.4, -0.2) is 6.54 Å². The zero-order chi connectivity index (χ0) is 13.2. The van der Waals surface area contributed by atoms with Gasteiger partial charge in [0.15, 0.2) is 0 Å². The van der Waals surface area contributed by atoms with Crippen molar-refractivity contribution >= 4 is 0 Å². The molecule has 0 saturated heterocycles. The van der Waals surface area contributed by atoms with Gasteiger partial charge in [-0.15, -0.1) is 0 Å². The van der Waals surface area contributed by atoms with E-state index in [1.807, 2.05) is 0 Å². The summed E-state index contributed by atoms with van der Waals surface area (Å²) < 4.78 is 0. The molecule has 0 bridgehead atoms. The molecule has 0 aromatic heterocycles. The van der Waals surface area contributed by atoms with Crippen LogP contribution < -0.4 is 5.32 Å². The molecule has 1 saturated carbocycles. The Kier molecular flexibility index (Phi) is 4.11. The Morgan fingerprint density at radius 3 is 2.56 bits per heavy atom. The van der Waals surface area contributed by atoms with E-state index in [4.69, 9.17) is 0 Å². The molecule has 1 atom stereocenters. The lowest BCUT2D eigenvalue weighted by molar-refractivity contribution is 0.373. The molecule has 18 heavy (non-hydrogen) atoms. The monoisotopic (exact) mass is 245 g/mol. The molecule has 0 aliphatic heterocycles. The first-order valence-electron chi connectivity index (χ1n) is 7.37. The molecule has 1 unspecified atom stereocenters. The van der Waals surface area contributed by atoms with Crippen LogP contribution in [0.25, 0.3) is 0 Å². The van der Waals surface area contributed by atoms with Crippen LogP contribution in [0.2, 0.25) is 0 Å². The average molecular weight is 245 g/mol. The van der Waals surface area contributed by atoms with Gasteiger partial charge in [-0.2, -0.15) is 0 Å². The third-order valence-electron chi connectivity index (χ3n) is 4.07. The molecule has 0 heterocycles. The van der Waals surface area contributed by atoms with Crippen LogP contribution in [0, 0.1) is 11.3 Å². The zero-order valence-electron chi connectivity index (χ0n) is 12.3. The van der Waals surface area contributed by atoms with Crippen molar-refractivity contribution in [2.24, 2.45) is 11.3 Å². The predicted octanol–water partition coefficient (Wildman–Crippen LogP) is 4.34. The van der Waals surface area contributed by atoms with E-state index >= 15 is 0 Å². The summed E-state index contributed by atoms with van der Waals surface area (Å²) >= 11 is 0. The molecule has 0 amide bonds. The van der Waals surface area contributed by atoms with Crippen LogP contribution in [0.5, 0.6) is 0 Å². The molecule has 1 aromatic carbocycles. The highest BCUT2D eigenvalue weighted by atomic mass is 14.9. The minimum atomic E-state index is 0.493. The fourth-order valence-corrected chi connectivity index (χ4v) is 2.83. The van der Waals surface area contributed by atoms with Gasteiger partial charge in [-0.3, -0.25) is 0 Å². The minimum absolute atomic E-state index is 0.493. The molecule has 1 N–H and O–H groups in total. The summed E-state index contributed by atoms with van der Waals surface area (Å²) in [5.41, 5.74) is 3.46. The van der Waals surface area contributed by atoms with Crippen molar-refractivity contribution in [1.82, 2.24) is 5.32 Å². The summed E-state index contributed by atoms with van der Waals surface area (Å²) in [4.78, 5) is 0. The highest BCUT2D eigenvalue weighted by Crippen LogP contribution is 2.54. The van der Waals surface area contributed by atoms with E-state index in [1.54, 1.807) is 0 Å². The van der Waals surface area contributed by atoms with E-state index < -0.39 is 0 Å². The first-order valence-corrected chi connectivity index (χ1v) is 7.37. The van der Waals surface area contributed by atoms with Gasteiger partial charge in [0.2, 0.25) is 0 Å². The van der Waals surface area contributed by atoms with Crippen molar-refractivity contribution < 1.29 is 0 Å². The van der Waals surface area contributed by atoms with Crippen LogP contribution >= 0.6 is 0 Å². The number of benzene rings is 1. The molecule has 100 valence electrons. The Bertz CT molecular complexity index is 390. The maximum atomic E-state index is 3.68. The standard InChI is InChI=1S/C17H27N/c1-5-18-16(17(4)9-10-17)15-8-6-7-14(12-15)11-13(2)3/h6-8,12-13,16,18H,5,9-11H2,1-4H3. The summed E-state index contributed by atoms with van der Waals surface area (Å²) in [7, 11) is 0. The van der Waals surface area contributed by atoms with Gasteiger partial charge in [-0.1, -0.05) is 52.0 Å². The summed E-state index contributed by atoms with van der Waals surface area (Å²) in [5, 5.41) is 3.68. The molecule has 1 aliphatic rings. The second-order valence-corrected chi connectivity index (χ2v) is 6.49. The number of nitrogens with one attached hydrogen (secondary N) is 1. The van der Waals surface area contributed by atoms with Gasteiger partial charge in [-0.05, 0) is 48.3 Å². The second kappa shape index (κ2) is 5.44. The maximum absolute atomic E-state index is 3.68. The summed E-state index contributed by atoms with van der Waals surface area (Å²) in [5.74, 6) is 0.731. The number of hydrogen-bond donors (Lipinski definition) is 1. The lowest BCUT2D eigenvalue weighted by Gasteiger charge is -2.25.